The van der Waals surface area contributed by atoms with Gasteiger partial charge in [0.25, 0.3) is 0 Å². The highest BCUT2D eigenvalue weighted by Gasteiger charge is 2.14. The van der Waals surface area contributed by atoms with Gasteiger partial charge in [0, 0.05) is 7.05 Å². The first-order valence-corrected chi connectivity index (χ1v) is 7.86. The second-order valence-corrected chi connectivity index (χ2v) is 6.11. The Kier molecular flexibility index (Phi) is 3.39. The summed E-state index contributed by atoms with van der Waals surface area (Å²) >= 11 is 6.15. The quantitative estimate of drug-likeness (QED) is 0.573. The number of nitrogens with zero attached hydrogens (tertiary/aromatic N) is 3. The maximum Gasteiger partial charge on any atom is 0.134 e. The van der Waals surface area contributed by atoms with Crippen molar-refractivity contribution >= 4 is 22.6 Å². The van der Waals surface area contributed by atoms with Gasteiger partial charge in [-0.25, -0.2) is 9.37 Å². The van der Waals surface area contributed by atoms with Crippen LogP contribution in [0, 0.1) is 12.7 Å². The molecule has 0 amide bonds. The molecule has 0 aliphatic carbocycles. The van der Waals surface area contributed by atoms with Gasteiger partial charge in [-0.1, -0.05) is 17.7 Å². The lowest BCUT2D eigenvalue weighted by Gasteiger charge is -2.02. The lowest BCUT2D eigenvalue weighted by Crippen LogP contribution is -1.95. The van der Waals surface area contributed by atoms with Crippen LogP contribution in [0.25, 0.3) is 33.7 Å². The summed E-state index contributed by atoms with van der Waals surface area (Å²) in [5.74, 6) is -0.364. The monoisotopic (exact) mass is 340 g/mol. The number of aromatic amines is 1. The number of aryl methyl sites for hydroxylation is 2. The highest BCUT2D eigenvalue weighted by atomic mass is 35.5. The third-order valence-corrected chi connectivity index (χ3v) is 4.29. The summed E-state index contributed by atoms with van der Waals surface area (Å²) in [4.78, 5) is 7.85. The molecular formula is C18H14ClFN4. The van der Waals surface area contributed by atoms with Crippen LogP contribution in [-0.2, 0) is 7.05 Å². The van der Waals surface area contributed by atoms with Crippen molar-refractivity contribution in [1.82, 2.24) is 19.7 Å². The second-order valence-electron chi connectivity index (χ2n) is 5.70. The minimum Gasteiger partial charge on any atom is -0.353 e. The molecule has 6 heteroatoms. The number of halogens is 2. The van der Waals surface area contributed by atoms with Gasteiger partial charge in [0.05, 0.1) is 44.4 Å². The SMILES string of the molecule is Cc1cc(-c2ccc3[nH]c(-c4c(F)cccc4Cl)cc3n2)n(C)n1. The van der Waals surface area contributed by atoms with E-state index in [-0.39, 0.29) is 5.82 Å². The third-order valence-electron chi connectivity index (χ3n) is 3.97. The second kappa shape index (κ2) is 5.46. The Morgan fingerprint density at radius 1 is 1.17 bits per heavy atom. The first-order valence-electron chi connectivity index (χ1n) is 7.48. The number of pyridine rings is 1. The molecule has 0 atom stereocenters. The molecule has 3 aromatic heterocycles. The highest BCUT2D eigenvalue weighted by molar-refractivity contribution is 6.33. The Morgan fingerprint density at radius 3 is 2.71 bits per heavy atom. The summed E-state index contributed by atoms with van der Waals surface area (Å²) in [5.41, 5.74) is 5.22. The van der Waals surface area contributed by atoms with Crippen molar-refractivity contribution in [1.29, 1.82) is 0 Å². The van der Waals surface area contributed by atoms with E-state index in [1.165, 1.54) is 6.07 Å². The van der Waals surface area contributed by atoms with Gasteiger partial charge in [-0.3, -0.25) is 4.68 Å². The van der Waals surface area contributed by atoms with E-state index < -0.39 is 0 Å². The van der Waals surface area contributed by atoms with Crippen molar-refractivity contribution in [2.75, 3.05) is 0 Å². The molecule has 0 bridgehead atoms. The van der Waals surface area contributed by atoms with Crippen LogP contribution < -0.4 is 0 Å². The molecule has 0 saturated heterocycles. The highest BCUT2D eigenvalue weighted by Crippen LogP contribution is 2.32. The number of aromatic nitrogens is 4. The maximum atomic E-state index is 14.1. The Morgan fingerprint density at radius 2 is 2.00 bits per heavy atom. The molecule has 4 nitrogen and oxygen atoms in total. The van der Waals surface area contributed by atoms with Gasteiger partial charge in [0.15, 0.2) is 0 Å². The number of H-pyrrole nitrogens is 1. The van der Waals surface area contributed by atoms with Crippen molar-refractivity contribution in [3.8, 4) is 22.6 Å². The lowest BCUT2D eigenvalue weighted by atomic mass is 10.1. The fourth-order valence-corrected chi connectivity index (χ4v) is 3.16. The van der Waals surface area contributed by atoms with E-state index in [1.54, 1.807) is 16.8 Å². The van der Waals surface area contributed by atoms with E-state index in [0.29, 0.717) is 16.3 Å². The topological polar surface area (TPSA) is 46.5 Å². The molecule has 0 saturated carbocycles. The molecule has 4 rings (SSSR count). The van der Waals surface area contributed by atoms with Crippen molar-refractivity contribution in [2.45, 2.75) is 6.92 Å². The molecule has 4 aromatic rings. The van der Waals surface area contributed by atoms with Crippen molar-refractivity contribution in [3.63, 3.8) is 0 Å². The Balaban J connectivity index is 1.86. The van der Waals surface area contributed by atoms with Gasteiger partial charge < -0.3 is 4.98 Å². The molecule has 0 aliphatic rings. The zero-order valence-corrected chi connectivity index (χ0v) is 13.9. The van der Waals surface area contributed by atoms with Crippen molar-refractivity contribution in [3.05, 3.63) is 59.0 Å². The average Bonchev–Trinajstić information content (AvgIpc) is 3.09. The van der Waals surface area contributed by atoms with Gasteiger partial charge in [-0.05, 0) is 43.3 Å². The van der Waals surface area contributed by atoms with Crippen LogP contribution in [0.15, 0.2) is 42.5 Å². The van der Waals surface area contributed by atoms with Gasteiger partial charge in [0.1, 0.15) is 5.82 Å². The minimum absolute atomic E-state index is 0.357. The molecule has 0 aliphatic heterocycles. The number of rotatable bonds is 2. The van der Waals surface area contributed by atoms with E-state index in [0.717, 1.165) is 28.1 Å². The number of hydrogen-bond donors (Lipinski definition) is 1. The smallest absolute Gasteiger partial charge is 0.134 e. The first-order chi connectivity index (χ1) is 11.5. The van der Waals surface area contributed by atoms with Gasteiger partial charge >= 0.3 is 0 Å². The maximum absolute atomic E-state index is 14.1. The van der Waals surface area contributed by atoms with E-state index in [1.807, 2.05) is 38.2 Å². The predicted molar refractivity (Wildman–Crippen MR) is 93.4 cm³/mol. The molecular weight excluding hydrogens is 327 g/mol. The summed E-state index contributed by atoms with van der Waals surface area (Å²) in [6, 6.07) is 12.3. The average molecular weight is 341 g/mol. The molecule has 0 unspecified atom stereocenters. The predicted octanol–water partition coefficient (Wildman–Crippen LogP) is 4.73. The van der Waals surface area contributed by atoms with Gasteiger partial charge in [0.2, 0.25) is 0 Å². The molecule has 0 fully saturated rings. The van der Waals surface area contributed by atoms with Crippen LogP contribution in [0.3, 0.4) is 0 Å². The van der Waals surface area contributed by atoms with Crippen LogP contribution in [-0.4, -0.2) is 19.7 Å². The Labute approximate surface area is 142 Å². The van der Waals surface area contributed by atoms with Gasteiger partial charge in [-0.2, -0.15) is 5.10 Å². The summed E-state index contributed by atoms with van der Waals surface area (Å²) < 4.78 is 15.9. The summed E-state index contributed by atoms with van der Waals surface area (Å²) in [7, 11) is 1.88. The zero-order chi connectivity index (χ0) is 16.8. The standard InChI is InChI=1S/C18H14ClFN4/c1-10-8-17(24(2)23-10)14-7-6-13-15(22-14)9-16(21-13)18-11(19)4-3-5-12(18)20/h3-9,21H,1-2H3. The van der Waals surface area contributed by atoms with Gasteiger partial charge in [-0.15, -0.1) is 0 Å². The number of benzene rings is 1. The molecule has 0 radical (unpaired) electrons. The molecule has 1 aromatic carbocycles. The van der Waals surface area contributed by atoms with Crippen molar-refractivity contribution < 1.29 is 4.39 Å². The van der Waals surface area contributed by atoms with E-state index >= 15 is 0 Å². The summed E-state index contributed by atoms with van der Waals surface area (Å²) in [5, 5.41) is 4.71. The summed E-state index contributed by atoms with van der Waals surface area (Å²) in [6.07, 6.45) is 0. The minimum atomic E-state index is -0.364. The molecule has 120 valence electrons. The van der Waals surface area contributed by atoms with Crippen LogP contribution in [0.5, 0.6) is 0 Å². The molecule has 0 spiro atoms. The number of nitrogens with one attached hydrogen (secondary N) is 1. The van der Waals surface area contributed by atoms with E-state index in [2.05, 4.69) is 15.1 Å². The Bertz CT molecular complexity index is 1040. The van der Waals surface area contributed by atoms with E-state index in [4.69, 9.17) is 11.6 Å². The van der Waals surface area contributed by atoms with Crippen LogP contribution in [0.4, 0.5) is 4.39 Å². The molecule has 3 heterocycles. The fourth-order valence-electron chi connectivity index (χ4n) is 2.89. The largest absolute Gasteiger partial charge is 0.353 e. The zero-order valence-electron chi connectivity index (χ0n) is 13.1. The molecule has 1 N–H and O–H groups in total. The Hall–Kier alpha value is -2.66. The third kappa shape index (κ3) is 2.37. The first kappa shape index (κ1) is 14.9. The normalized spacial score (nSPS) is 11.3. The van der Waals surface area contributed by atoms with Crippen LogP contribution in [0.1, 0.15) is 5.69 Å². The van der Waals surface area contributed by atoms with Crippen LogP contribution >= 0.6 is 11.6 Å². The number of hydrogen-bond acceptors (Lipinski definition) is 2. The summed E-state index contributed by atoms with van der Waals surface area (Å²) in [6.45, 7) is 1.94. The fraction of sp³-hybridized carbons (Fsp3) is 0.111. The lowest BCUT2D eigenvalue weighted by molar-refractivity contribution is 0.631. The number of fused-ring (bicyclic) bond motifs is 1. The van der Waals surface area contributed by atoms with E-state index in [9.17, 15) is 4.39 Å². The van der Waals surface area contributed by atoms with Crippen LogP contribution in [0.2, 0.25) is 5.02 Å². The molecule has 24 heavy (non-hydrogen) atoms. The van der Waals surface area contributed by atoms with Crippen molar-refractivity contribution in [2.24, 2.45) is 7.05 Å².